The van der Waals surface area contributed by atoms with E-state index in [-0.39, 0.29) is 0 Å². The number of hydrogen-bond donors (Lipinski definition) is 1. The first-order valence-electron chi connectivity index (χ1n) is 7.85. The molecule has 1 aliphatic rings. The van der Waals surface area contributed by atoms with Crippen LogP contribution in [-0.2, 0) is 17.8 Å². The fourth-order valence-electron chi connectivity index (χ4n) is 2.63. The van der Waals surface area contributed by atoms with Crippen LogP contribution < -0.4 is 5.32 Å². The van der Waals surface area contributed by atoms with E-state index in [1.807, 2.05) is 11.3 Å². The van der Waals surface area contributed by atoms with Gasteiger partial charge in [0.2, 0.25) is 0 Å². The number of morpholine rings is 1. The van der Waals surface area contributed by atoms with Crippen molar-refractivity contribution in [2.75, 3.05) is 26.2 Å². The number of thiophene rings is 1. The molecule has 0 saturated carbocycles. The summed E-state index contributed by atoms with van der Waals surface area (Å²) in [5.41, 5.74) is 1.50. The summed E-state index contributed by atoms with van der Waals surface area (Å²) in [5, 5.41) is 3.49. The molecule has 1 aliphatic heterocycles. The van der Waals surface area contributed by atoms with Gasteiger partial charge in [-0.2, -0.15) is 0 Å². The predicted octanol–water partition coefficient (Wildman–Crippen LogP) is 3.17. The van der Waals surface area contributed by atoms with E-state index >= 15 is 0 Å². The van der Waals surface area contributed by atoms with Crippen LogP contribution in [-0.4, -0.2) is 37.2 Å². The third-order valence-corrected chi connectivity index (χ3v) is 4.96. The van der Waals surface area contributed by atoms with Gasteiger partial charge in [0.1, 0.15) is 0 Å². The topological polar surface area (TPSA) is 24.5 Å². The Labute approximate surface area is 127 Å². The van der Waals surface area contributed by atoms with Gasteiger partial charge in [0.05, 0.1) is 12.7 Å². The maximum Gasteiger partial charge on any atom is 0.0700 e. The molecule has 0 radical (unpaired) electrons. The molecule has 20 heavy (non-hydrogen) atoms. The van der Waals surface area contributed by atoms with Crippen LogP contribution in [0.2, 0.25) is 0 Å². The molecule has 2 rings (SSSR count). The van der Waals surface area contributed by atoms with Crippen LogP contribution in [0.25, 0.3) is 0 Å². The molecule has 0 spiro atoms. The van der Waals surface area contributed by atoms with Crippen molar-refractivity contribution >= 4 is 11.3 Å². The second kappa shape index (κ2) is 8.13. The van der Waals surface area contributed by atoms with Crippen molar-refractivity contribution in [3.8, 4) is 0 Å². The van der Waals surface area contributed by atoms with E-state index in [0.717, 1.165) is 45.8 Å². The maximum absolute atomic E-state index is 5.75. The highest BCUT2D eigenvalue weighted by atomic mass is 32.1. The van der Waals surface area contributed by atoms with Crippen LogP contribution in [0.3, 0.4) is 0 Å². The van der Waals surface area contributed by atoms with Gasteiger partial charge < -0.3 is 10.1 Å². The Morgan fingerprint density at radius 2 is 2.30 bits per heavy atom. The summed E-state index contributed by atoms with van der Waals surface area (Å²) in [4.78, 5) is 5.47. The summed E-state index contributed by atoms with van der Waals surface area (Å²) in [6.45, 7) is 12.9. The predicted molar refractivity (Wildman–Crippen MR) is 86.4 cm³/mol. The minimum atomic E-state index is 0.424. The smallest absolute Gasteiger partial charge is 0.0700 e. The van der Waals surface area contributed by atoms with Crippen LogP contribution in [0, 0.1) is 6.92 Å². The number of ether oxygens (including phenoxy) is 1. The van der Waals surface area contributed by atoms with E-state index in [2.05, 4.69) is 37.1 Å². The first-order valence-corrected chi connectivity index (χ1v) is 8.67. The molecule has 1 aromatic rings. The summed E-state index contributed by atoms with van der Waals surface area (Å²) in [6, 6.07) is 2.39. The van der Waals surface area contributed by atoms with Crippen LogP contribution >= 0.6 is 11.3 Å². The Morgan fingerprint density at radius 1 is 1.45 bits per heavy atom. The summed E-state index contributed by atoms with van der Waals surface area (Å²) >= 11 is 1.94. The molecule has 0 amide bonds. The average molecular weight is 296 g/mol. The van der Waals surface area contributed by atoms with Crippen LogP contribution in [0.1, 0.15) is 42.0 Å². The fraction of sp³-hybridized carbons (Fsp3) is 0.750. The minimum Gasteiger partial charge on any atom is -0.376 e. The van der Waals surface area contributed by atoms with Gasteiger partial charge in [-0.25, -0.2) is 0 Å². The normalized spacial score (nSPS) is 20.4. The monoisotopic (exact) mass is 296 g/mol. The first kappa shape index (κ1) is 16.0. The molecule has 0 aliphatic carbocycles. The highest BCUT2D eigenvalue weighted by Crippen LogP contribution is 2.24. The summed E-state index contributed by atoms with van der Waals surface area (Å²) in [5.74, 6) is 0. The number of rotatable bonds is 7. The highest BCUT2D eigenvalue weighted by molar-refractivity contribution is 7.12. The molecule has 1 fully saturated rings. The van der Waals surface area contributed by atoms with Crippen LogP contribution in [0.15, 0.2) is 6.07 Å². The SMILES string of the molecule is CCCNCc1cc(CN2CCOC(CC)C2)c(C)s1. The van der Waals surface area contributed by atoms with Crippen molar-refractivity contribution in [1.82, 2.24) is 10.2 Å². The van der Waals surface area contributed by atoms with Gasteiger partial charge in [0, 0.05) is 35.9 Å². The molecule has 0 aromatic carbocycles. The second-order valence-corrected chi connectivity index (χ2v) is 6.95. The van der Waals surface area contributed by atoms with E-state index in [1.165, 1.54) is 21.7 Å². The molecule has 2 heterocycles. The largest absolute Gasteiger partial charge is 0.376 e. The third-order valence-electron chi connectivity index (χ3n) is 3.87. The Kier molecular flexibility index (Phi) is 6.49. The molecule has 4 heteroatoms. The van der Waals surface area contributed by atoms with E-state index in [9.17, 15) is 0 Å². The van der Waals surface area contributed by atoms with Crippen molar-refractivity contribution < 1.29 is 4.74 Å². The van der Waals surface area contributed by atoms with Gasteiger partial charge in [-0.1, -0.05) is 13.8 Å². The lowest BCUT2D eigenvalue weighted by Crippen LogP contribution is -2.41. The summed E-state index contributed by atoms with van der Waals surface area (Å²) in [7, 11) is 0. The lowest BCUT2D eigenvalue weighted by Gasteiger charge is -2.32. The molecule has 1 unspecified atom stereocenters. The molecular weight excluding hydrogens is 268 g/mol. The number of nitrogens with zero attached hydrogens (tertiary/aromatic N) is 1. The van der Waals surface area contributed by atoms with E-state index in [0.29, 0.717) is 6.10 Å². The number of aryl methyl sites for hydroxylation is 1. The molecule has 114 valence electrons. The van der Waals surface area contributed by atoms with Gasteiger partial charge >= 0.3 is 0 Å². The van der Waals surface area contributed by atoms with Crippen molar-refractivity contribution in [3.63, 3.8) is 0 Å². The lowest BCUT2D eigenvalue weighted by molar-refractivity contribution is -0.0324. The third kappa shape index (κ3) is 4.55. The molecule has 1 N–H and O–H groups in total. The molecule has 1 saturated heterocycles. The maximum atomic E-state index is 5.75. The minimum absolute atomic E-state index is 0.424. The zero-order chi connectivity index (χ0) is 14.4. The Bertz CT molecular complexity index is 405. The second-order valence-electron chi connectivity index (χ2n) is 5.61. The van der Waals surface area contributed by atoms with E-state index in [4.69, 9.17) is 4.74 Å². The van der Waals surface area contributed by atoms with Gasteiger partial charge in [-0.15, -0.1) is 11.3 Å². The summed E-state index contributed by atoms with van der Waals surface area (Å²) < 4.78 is 5.75. The van der Waals surface area contributed by atoms with Crippen molar-refractivity contribution in [2.24, 2.45) is 0 Å². The molecular formula is C16H28N2OS. The molecule has 0 bridgehead atoms. The Morgan fingerprint density at radius 3 is 3.05 bits per heavy atom. The zero-order valence-electron chi connectivity index (χ0n) is 13.1. The van der Waals surface area contributed by atoms with Crippen LogP contribution in [0.4, 0.5) is 0 Å². The van der Waals surface area contributed by atoms with E-state index < -0.39 is 0 Å². The van der Waals surface area contributed by atoms with Crippen LogP contribution in [0.5, 0.6) is 0 Å². The quantitative estimate of drug-likeness (QED) is 0.782. The fourth-order valence-corrected chi connectivity index (χ4v) is 3.66. The Balaban J connectivity index is 1.88. The van der Waals surface area contributed by atoms with Crippen molar-refractivity contribution in [2.45, 2.75) is 52.8 Å². The molecule has 1 atom stereocenters. The molecule has 3 nitrogen and oxygen atoms in total. The Hall–Kier alpha value is -0.420. The van der Waals surface area contributed by atoms with Gasteiger partial charge in [0.15, 0.2) is 0 Å². The molecule has 1 aromatic heterocycles. The average Bonchev–Trinajstić information content (AvgIpc) is 2.80. The zero-order valence-corrected chi connectivity index (χ0v) is 13.9. The van der Waals surface area contributed by atoms with Gasteiger partial charge in [0.25, 0.3) is 0 Å². The first-order chi connectivity index (χ1) is 9.72. The van der Waals surface area contributed by atoms with Crippen molar-refractivity contribution in [1.29, 1.82) is 0 Å². The number of nitrogens with one attached hydrogen (secondary N) is 1. The standard InChI is InChI=1S/C16H28N2OS/c1-4-6-17-10-16-9-14(13(3)20-16)11-18-7-8-19-15(5-2)12-18/h9,15,17H,4-8,10-12H2,1-3H3. The summed E-state index contributed by atoms with van der Waals surface area (Å²) in [6.07, 6.45) is 2.74. The lowest BCUT2D eigenvalue weighted by atomic mass is 10.2. The highest BCUT2D eigenvalue weighted by Gasteiger charge is 2.20. The van der Waals surface area contributed by atoms with Gasteiger partial charge in [-0.05, 0) is 37.9 Å². The van der Waals surface area contributed by atoms with Gasteiger partial charge in [-0.3, -0.25) is 4.90 Å². The van der Waals surface area contributed by atoms with Crippen molar-refractivity contribution in [3.05, 3.63) is 21.4 Å². The number of hydrogen-bond acceptors (Lipinski definition) is 4. The van der Waals surface area contributed by atoms with E-state index in [1.54, 1.807) is 0 Å².